The van der Waals surface area contributed by atoms with Crippen LogP contribution in [0.4, 0.5) is 5.13 Å². The summed E-state index contributed by atoms with van der Waals surface area (Å²) in [5.74, 6) is 0.176. The molecule has 3 aromatic rings. The molecular formula is C20H21N3O2S2. The molecule has 0 aliphatic carbocycles. The van der Waals surface area contributed by atoms with Gasteiger partial charge in [0.15, 0.2) is 5.13 Å². The van der Waals surface area contributed by atoms with Crippen molar-refractivity contribution >= 4 is 33.7 Å². The van der Waals surface area contributed by atoms with Crippen molar-refractivity contribution in [1.82, 2.24) is 9.88 Å². The number of anilines is 1. The van der Waals surface area contributed by atoms with E-state index in [-0.39, 0.29) is 5.91 Å². The fourth-order valence-electron chi connectivity index (χ4n) is 2.93. The van der Waals surface area contributed by atoms with Gasteiger partial charge in [-0.25, -0.2) is 4.98 Å². The molecule has 1 aliphatic heterocycles. The number of carbonyl (C=O) groups excluding carboxylic acids is 1. The van der Waals surface area contributed by atoms with Gasteiger partial charge in [0, 0.05) is 29.9 Å². The van der Waals surface area contributed by atoms with Crippen LogP contribution in [0.5, 0.6) is 0 Å². The van der Waals surface area contributed by atoms with Gasteiger partial charge in [0.05, 0.1) is 30.2 Å². The zero-order valence-corrected chi connectivity index (χ0v) is 16.5. The minimum Gasteiger partial charge on any atom is -0.378 e. The maximum atomic E-state index is 12.4. The summed E-state index contributed by atoms with van der Waals surface area (Å²) in [6.45, 7) is 3.43. The fraction of sp³-hybridized carbons (Fsp3) is 0.300. The molecule has 2 aromatic heterocycles. The molecule has 0 saturated carbocycles. The summed E-state index contributed by atoms with van der Waals surface area (Å²) in [6, 6.07) is 14.4. The first-order chi connectivity index (χ1) is 13.3. The Morgan fingerprint density at radius 2 is 1.96 bits per heavy atom. The largest absolute Gasteiger partial charge is 0.378 e. The van der Waals surface area contributed by atoms with Gasteiger partial charge >= 0.3 is 0 Å². The Bertz CT molecular complexity index is 886. The number of amides is 1. The van der Waals surface area contributed by atoms with Gasteiger partial charge in [-0.15, -0.1) is 22.7 Å². The highest BCUT2D eigenvalue weighted by atomic mass is 32.1. The van der Waals surface area contributed by atoms with Gasteiger partial charge in [-0.2, -0.15) is 0 Å². The number of thiophene rings is 1. The summed E-state index contributed by atoms with van der Waals surface area (Å²) in [6.07, 6.45) is 0.452. The van der Waals surface area contributed by atoms with Crippen molar-refractivity contribution in [1.29, 1.82) is 0 Å². The monoisotopic (exact) mass is 399 g/mol. The first kappa shape index (κ1) is 18.2. The number of ether oxygens (including phenoxy) is 1. The van der Waals surface area contributed by atoms with E-state index in [1.807, 2.05) is 29.2 Å². The predicted octanol–water partition coefficient (Wildman–Crippen LogP) is 3.89. The van der Waals surface area contributed by atoms with E-state index in [1.54, 1.807) is 22.7 Å². The number of carbonyl (C=O) groups is 1. The van der Waals surface area contributed by atoms with E-state index in [4.69, 9.17) is 4.74 Å². The summed E-state index contributed by atoms with van der Waals surface area (Å²) in [4.78, 5) is 21.1. The molecule has 4 rings (SSSR count). The molecule has 3 heterocycles. The number of benzene rings is 1. The molecule has 1 aromatic carbocycles. The van der Waals surface area contributed by atoms with E-state index in [0.717, 1.165) is 27.1 Å². The molecule has 1 saturated heterocycles. The molecule has 0 atom stereocenters. The lowest BCUT2D eigenvalue weighted by molar-refractivity contribution is -0.134. The SMILES string of the molecule is O=C(Cc1ccc(-c2csc(NCc3ccccc3)n2)s1)N1CCOCC1. The molecule has 140 valence electrons. The Morgan fingerprint density at radius 1 is 1.15 bits per heavy atom. The van der Waals surface area contributed by atoms with Crippen molar-refractivity contribution in [2.75, 3.05) is 31.6 Å². The maximum absolute atomic E-state index is 12.4. The first-order valence-corrected chi connectivity index (χ1v) is 10.7. The summed E-state index contributed by atoms with van der Waals surface area (Å²) < 4.78 is 5.31. The van der Waals surface area contributed by atoms with E-state index >= 15 is 0 Å². The average molecular weight is 400 g/mol. The number of morpholine rings is 1. The Morgan fingerprint density at radius 3 is 2.78 bits per heavy atom. The molecule has 0 unspecified atom stereocenters. The molecular weight excluding hydrogens is 378 g/mol. The molecule has 0 spiro atoms. The second kappa shape index (κ2) is 8.65. The van der Waals surface area contributed by atoms with Gasteiger partial charge in [0.2, 0.25) is 5.91 Å². The van der Waals surface area contributed by atoms with E-state index in [2.05, 4.69) is 33.9 Å². The minimum absolute atomic E-state index is 0.176. The molecule has 1 fully saturated rings. The highest BCUT2D eigenvalue weighted by Crippen LogP contribution is 2.31. The number of hydrogen-bond donors (Lipinski definition) is 1. The second-order valence-corrected chi connectivity index (χ2v) is 8.34. The van der Waals surface area contributed by atoms with Crippen LogP contribution in [0, 0.1) is 0 Å². The van der Waals surface area contributed by atoms with Gasteiger partial charge in [0.25, 0.3) is 0 Å². The van der Waals surface area contributed by atoms with Crippen LogP contribution in [-0.4, -0.2) is 42.1 Å². The summed E-state index contributed by atoms with van der Waals surface area (Å²) >= 11 is 3.25. The molecule has 0 radical (unpaired) electrons. The van der Waals surface area contributed by atoms with Crippen molar-refractivity contribution in [2.24, 2.45) is 0 Å². The molecule has 1 N–H and O–H groups in total. The number of thiazole rings is 1. The third-order valence-corrected chi connectivity index (χ3v) is 6.30. The topological polar surface area (TPSA) is 54.5 Å². The summed E-state index contributed by atoms with van der Waals surface area (Å²) in [7, 11) is 0. The zero-order valence-electron chi connectivity index (χ0n) is 14.9. The Balaban J connectivity index is 1.35. The maximum Gasteiger partial charge on any atom is 0.227 e. The number of nitrogens with zero attached hydrogens (tertiary/aromatic N) is 2. The molecule has 1 amide bonds. The van der Waals surface area contributed by atoms with Crippen LogP contribution < -0.4 is 5.32 Å². The molecule has 5 nitrogen and oxygen atoms in total. The normalized spacial score (nSPS) is 14.3. The predicted molar refractivity (Wildman–Crippen MR) is 110 cm³/mol. The molecule has 0 bridgehead atoms. The van der Waals surface area contributed by atoms with Gasteiger partial charge in [-0.1, -0.05) is 30.3 Å². The van der Waals surface area contributed by atoms with Crippen LogP contribution in [0.15, 0.2) is 47.8 Å². The van der Waals surface area contributed by atoms with Crippen molar-refractivity contribution in [3.63, 3.8) is 0 Å². The molecule has 27 heavy (non-hydrogen) atoms. The summed E-state index contributed by atoms with van der Waals surface area (Å²) in [5, 5.41) is 6.35. The quantitative estimate of drug-likeness (QED) is 0.683. The fourth-order valence-corrected chi connectivity index (χ4v) is 4.67. The average Bonchev–Trinajstić information content (AvgIpc) is 3.37. The third kappa shape index (κ3) is 4.74. The third-order valence-electron chi connectivity index (χ3n) is 4.39. The Kier molecular flexibility index (Phi) is 5.81. The molecule has 1 aliphatic rings. The van der Waals surface area contributed by atoms with Gasteiger partial charge in [-0.05, 0) is 17.7 Å². The van der Waals surface area contributed by atoms with Crippen LogP contribution in [0.25, 0.3) is 10.6 Å². The number of rotatable bonds is 6. The smallest absolute Gasteiger partial charge is 0.227 e. The lowest BCUT2D eigenvalue weighted by Crippen LogP contribution is -2.41. The van der Waals surface area contributed by atoms with Crippen molar-refractivity contribution < 1.29 is 9.53 Å². The number of aromatic nitrogens is 1. The lowest BCUT2D eigenvalue weighted by atomic mass is 10.2. The van der Waals surface area contributed by atoms with E-state index < -0.39 is 0 Å². The Labute approximate surface area is 166 Å². The number of hydrogen-bond acceptors (Lipinski definition) is 6. The van der Waals surface area contributed by atoms with Gasteiger partial charge in [-0.3, -0.25) is 4.79 Å². The van der Waals surface area contributed by atoms with Gasteiger partial charge < -0.3 is 15.0 Å². The minimum atomic E-state index is 0.176. The van der Waals surface area contributed by atoms with E-state index in [0.29, 0.717) is 32.7 Å². The van der Waals surface area contributed by atoms with Gasteiger partial charge in [0.1, 0.15) is 0 Å². The van der Waals surface area contributed by atoms with Crippen molar-refractivity contribution in [2.45, 2.75) is 13.0 Å². The van der Waals surface area contributed by atoms with Crippen LogP contribution in [-0.2, 0) is 22.5 Å². The van der Waals surface area contributed by atoms with E-state index in [1.165, 1.54) is 5.56 Å². The highest BCUT2D eigenvalue weighted by molar-refractivity contribution is 7.17. The van der Waals surface area contributed by atoms with Crippen LogP contribution in [0.3, 0.4) is 0 Å². The Hall–Kier alpha value is -2.22. The van der Waals surface area contributed by atoms with Crippen LogP contribution >= 0.6 is 22.7 Å². The van der Waals surface area contributed by atoms with Crippen molar-refractivity contribution in [3.05, 3.63) is 58.3 Å². The van der Waals surface area contributed by atoms with Crippen LogP contribution in [0.1, 0.15) is 10.4 Å². The van der Waals surface area contributed by atoms with E-state index in [9.17, 15) is 4.79 Å². The lowest BCUT2D eigenvalue weighted by Gasteiger charge is -2.26. The molecule has 7 heteroatoms. The highest BCUT2D eigenvalue weighted by Gasteiger charge is 2.18. The van der Waals surface area contributed by atoms with Crippen molar-refractivity contribution in [3.8, 4) is 10.6 Å². The second-order valence-electron chi connectivity index (χ2n) is 6.31. The summed E-state index contributed by atoms with van der Waals surface area (Å²) in [5.41, 5.74) is 2.19. The number of nitrogens with one attached hydrogen (secondary N) is 1. The standard InChI is InChI=1S/C20H21N3O2S2/c24-19(23-8-10-25-11-9-23)12-16-6-7-18(27-16)17-14-26-20(22-17)21-13-15-4-2-1-3-5-15/h1-7,14H,8-13H2,(H,21,22). The first-order valence-electron chi connectivity index (χ1n) is 8.96. The van der Waals surface area contributed by atoms with Crippen LogP contribution in [0.2, 0.25) is 0 Å². The zero-order chi connectivity index (χ0) is 18.5.